The van der Waals surface area contributed by atoms with Gasteiger partial charge >= 0.3 is 0 Å². The van der Waals surface area contributed by atoms with Crippen molar-refractivity contribution in [1.29, 1.82) is 0 Å². The molecule has 0 heterocycles. The van der Waals surface area contributed by atoms with Crippen LogP contribution < -0.4 is 0 Å². The van der Waals surface area contributed by atoms with Crippen LogP contribution in [0.5, 0.6) is 0 Å². The summed E-state index contributed by atoms with van der Waals surface area (Å²) in [6.07, 6.45) is 9.90. The number of allylic oxidation sites excluding steroid dienone is 3. The first kappa shape index (κ1) is 10.5. The van der Waals surface area contributed by atoms with E-state index in [1.807, 2.05) is 6.08 Å². The van der Waals surface area contributed by atoms with Crippen LogP contribution in [0, 0.1) is 5.41 Å². The summed E-state index contributed by atoms with van der Waals surface area (Å²) >= 11 is 0. The molecule has 0 spiro atoms. The van der Waals surface area contributed by atoms with Crippen molar-refractivity contribution in [2.24, 2.45) is 5.41 Å². The lowest BCUT2D eigenvalue weighted by molar-refractivity contribution is 0.343. The van der Waals surface area contributed by atoms with Crippen LogP contribution in [-0.4, -0.2) is 0 Å². The monoisotopic (exact) mass is 152 g/mol. The number of rotatable bonds is 5. The van der Waals surface area contributed by atoms with Gasteiger partial charge in [-0.2, -0.15) is 0 Å². The molecule has 0 aliphatic heterocycles. The Bertz CT molecular complexity index is 129. The van der Waals surface area contributed by atoms with Gasteiger partial charge in [0.05, 0.1) is 0 Å². The lowest BCUT2D eigenvalue weighted by Crippen LogP contribution is -2.08. The smallest absolute Gasteiger partial charge is 0.0299 e. The maximum atomic E-state index is 3.73. The Balaban J connectivity index is 3.68. The molecule has 0 aromatic heterocycles. The predicted molar refractivity (Wildman–Crippen MR) is 52.6 cm³/mol. The molecule has 11 heavy (non-hydrogen) atoms. The van der Waals surface area contributed by atoms with Crippen LogP contribution in [0.25, 0.3) is 0 Å². The maximum Gasteiger partial charge on any atom is -0.0299 e. The fourth-order valence-electron chi connectivity index (χ4n) is 1.03. The molecule has 0 N–H and O–H groups in total. The van der Waals surface area contributed by atoms with E-state index >= 15 is 0 Å². The lowest BCUT2D eigenvalue weighted by atomic mass is 9.84. The van der Waals surface area contributed by atoms with Crippen molar-refractivity contribution in [1.82, 2.24) is 0 Å². The van der Waals surface area contributed by atoms with E-state index in [0.717, 1.165) is 6.42 Å². The van der Waals surface area contributed by atoms with Gasteiger partial charge in [-0.25, -0.2) is 0 Å². The fourth-order valence-corrected chi connectivity index (χ4v) is 1.03. The van der Waals surface area contributed by atoms with Crippen molar-refractivity contribution < 1.29 is 0 Å². The fraction of sp³-hybridized carbons (Fsp3) is 0.636. The Kier molecular flexibility index (Phi) is 4.93. The first-order chi connectivity index (χ1) is 5.12. The van der Waals surface area contributed by atoms with Gasteiger partial charge in [-0.15, -0.1) is 6.58 Å². The van der Waals surface area contributed by atoms with E-state index < -0.39 is 0 Å². The zero-order valence-corrected chi connectivity index (χ0v) is 8.06. The van der Waals surface area contributed by atoms with Crippen LogP contribution in [0.1, 0.15) is 40.0 Å². The van der Waals surface area contributed by atoms with Gasteiger partial charge in [0.1, 0.15) is 0 Å². The average molecular weight is 152 g/mol. The van der Waals surface area contributed by atoms with Crippen molar-refractivity contribution in [3.8, 4) is 0 Å². The van der Waals surface area contributed by atoms with Gasteiger partial charge in [0.15, 0.2) is 0 Å². The minimum atomic E-state index is 0.445. The standard InChI is InChI=1S/C11H20/c1-5-7-9-11(3,4)10-8-6-2/h5-6,8H,1,7,9-10H2,2-4H3/b8-6+. The molecule has 0 fully saturated rings. The van der Waals surface area contributed by atoms with E-state index in [0.29, 0.717) is 5.41 Å². The molecule has 64 valence electrons. The third-order valence-corrected chi connectivity index (χ3v) is 1.93. The van der Waals surface area contributed by atoms with Crippen molar-refractivity contribution in [2.45, 2.75) is 40.0 Å². The second-order valence-corrected chi connectivity index (χ2v) is 3.76. The maximum absolute atomic E-state index is 3.73. The molecular formula is C11H20. The number of hydrogen-bond donors (Lipinski definition) is 0. The molecule has 0 aromatic carbocycles. The summed E-state index contributed by atoms with van der Waals surface area (Å²) < 4.78 is 0. The van der Waals surface area contributed by atoms with Gasteiger partial charge in [-0.1, -0.05) is 32.1 Å². The Morgan fingerprint density at radius 2 is 2.00 bits per heavy atom. The van der Waals surface area contributed by atoms with Gasteiger partial charge < -0.3 is 0 Å². The minimum absolute atomic E-state index is 0.445. The summed E-state index contributed by atoms with van der Waals surface area (Å²) in [6, 6.07) is 0. The van der Waals surface area contributed by atoms with E-state index in [2.05, 4.69) is 39.5 Å². The first-order valence-corrected chi connectivity index (χ1v) is 4.34. The molecule has 0 bridgehead atoms. The average Bonchev–Trinajstić information content (AvgIpc) is 1.97. The Morgan fingerprint density at radius 3 is 2.45 bits per heavy atom. The highest BCUT2D eigenvalue weighted by Gasteiger charge is 2.13. The predicted octanol–water partition coefficient (Wildman–Crippen LogP) is 3.95. The molecule has 0 atom stereocenters. The summed E-state index contributed by atoms with van der Waals surface area (Å²) in [5.74, 6) is 0. The highest BCUT2D eigenvalue weighted by atomic mass is 14.2. The van der Waals surface area contributed by atoms with E-state index in [-0.39, 0.29) is 0 Å². The second-order valence-electron chi connectivity index (χ2n) is 3.76. The second kappa shape index (κ2) is 5.17. The molecule has 0 heteroatoms. The van der Waals surface area contributed by atoms with Crippen LogP contribution >= 0.6 is 0 Å². The molecule has 0 saturated carbocycles. The third kappa shape index (κ3) is 5.90. The summed E-state index contributed by atoms with van der Waals surface area (Å²) in [6.45, 7) is 10.4. The van der Waals surface area contributed by atoms with Crippen LogP contribution in [0.4, 0.5) is 0 Å². The molecule has 0 rings (SSSR count). The minimum Gasteiger partial charge on any atom is -0.103 e. The highest BCUT2D eigenvalue weighted by Crippen LogP contribution is 2.26. The third-order valence-electron chi connectivity index (χ3n) is 1.93. The first-order valence-electron chi connectivity index (χ1n) is 4.34. The number of hydrogen-bond acceptors (Lipinski definition) is 0. The van der Waals surface area contributed by atoms with E-state index in [9.17, 15) is 0 Å². The Hall–Kier alpha value is -0.520. The summed E-state index contributed by atoms with van der Waals surface area (Å²) in [5, 5.41) is 0. The van der Waals surface area contributed by atoms with Crippen molar-refractivity contribution >= 4 is 0 Å². The molecule has 0 saturated heterocycles. The Morgan fingerprint density at radius 1 is 1.36 bits per heavy atom. The van der Waals surface area contributed by atoms with Crippen LogP contribution in [0.3, 0.4) is 0 Å². The molecule has 0 aliphatic carbocycles. The Labute approximate surface area is 71.0 Å². The van der Waals surface area contributed by atoms with E-state index in [1.54, 1.807) is 0 Å². The molecule has 0 radical (unpaired) electrons. The molecular weight excluding hydrogens is 132 g/mol. The van der Waals surface area contributed by atoms with Crippen molar-refractivity contribution in [3.63, 3.8) is 0 Å². The van der Waals surface area contributed by atoms with Gasteiger partial charge in [0.25, 0.3) is 0 Å². The zero-order valence-electron chi connectivity index (χ0n) is 8.06. The quantitative estimate of drug-likeness (QED) is 0.523. The largest absolute Gasteiger partial charge is 0.103 e. The van der Waals surface area contributed by atoms with Crippen molar-refractivity contribution in [2.75, 3.05) is 0 Å². The molecule has 0 unspecified atom stereocenters. The normalized spacial score (nSPS) is 12.3. The van der Waals surface area contributed by atoms with Gasteiger partial charge in [-0.05, 0) is 31.6 Å². The van der Waals surface area contributed by atoms with Gasteiger partial charge in [0, 0.05) is 0 Å². The van der Waals surface area contributed by atoms with Gasteiger partial charge in [-0.3, -0.25) is 0 Å². The van der Waals surface area contributed by atoms with Crippen LogP contribution in [-0.2, 0) is 0 Å². The lowest BCUT2D eigenvalue weighted by Gasteiger charge is -2.21. The molecule has 0 aliphatic rings. The SMILES string of the molecule is C=CCCC(C)(C)C/C=C/C. The zero-order chi connectivity index (χ0) is 8.74. The van der Waals surface area contributed by atoms with Crippen molar-refractivity contribution in [3.05, 3.63) is 24.8 Å². The summed E-state index contributed by atoms with van der Waals surface area (Å²) in [4.78, 5) is 0. The molecule has 0 nitrogen and oxygen atoms in total. The summed E-state index contributed by atoms with van der Waals surface area (Å²) in [7, 11) is 0. The van der Waals surface area contributed by atoms with Gasteiger partial charge in [0.2, 0.25) is 0 Å². The highest BCUT2D eigenvalue weighted by molar-refractivity contribution is 4.86. The van der Waals surface area contributed by atoms with Crippen LogP contribution in [0.2, 0.25) is 0 Å². The topological polar surface area (TPSA) is 0 Å². The molecule has 0 amide bonds. The van der Waals surface area contributed by atoms with Crippen LogP contribution in [0.15, 0.2) is 24.8 Å². The molecule has 0 aromatic rings. The van der Waals surface area contributed by atoms with E-state index in [4.69, 9.17) is 0 Å². The van der Waals surface area contributed by atoms with E-state index in [1.165, 1.54) is 12.8 Å². The summed E-state index contributed by atoms with van der Waals surface area (Å²) in [5.41, 5.74) is 0.445.